The molecule has 4 rings (SSSR count). The van der Waals surface area contributed by atoms with Crippen molar-refractivity contribution in [1.82, 2.24) is 20.2 Å². The lowest BCUT2D eigenvalue weighted by Gasteiger charge is -2.21. The van der Waals surface area contributed by atoms with E-state index in [0.717, 1.165) is 41.9 Å². The third-order valence-electron chi connectivity index (χ3n) is 4.98. The molecule has 1 N–H and O–H groups in total. The summed E-state index contributed by atoms with van der Waals surface area (Å²) in [7, 11) is 0. The van der Waals surface area contributed by atoms with Crippen molar-refractivity contribution in [3.63, 3.8) is 0 Å². The summed E-state index contributed by atoms with van der Waals surface area (Å²) in [5.74, 6) is -0.0442. The second-order valence-corrected chi connectivity index (χ2v) is 7.21. The van der Waals surface area contributed by atoms with E-state index in [1.54, 1.807) is 6.20 Å². The molecule has 1 amide bonds. The highest BCUT2D eigenvalue weighted by Crippen LogP contribution is 2.20. The van der Waals surface area contributed by atoms with Gasteiger partial charge in [0.25, 0.3) is 5.91 Å². The molecule has 27 heavy (non-hydrogen) atoms. The maximum Gasteiger partial charge on any atom is 0.251 e. The van der Waals surface area contributed by atoms with Crippen molar-refractivity contribution in [2.75, 3.05) is 19.6 Å². The van der Waals surface area contributed by atoms with Gasteiger partial charge in [0.05, 0.1) is 22.9 Å². The highest BCUT2D eigenvalue weighted by atomic mass is 16.1. The van der Waals surface area contributed by atoms with Crippen molar-refractivity contribution >= 4 is 16.9 Å². The van der Waals surface area contributed by atoms with Gasteiger partial charge in [-0.15, -0.1) is 0 Å². The number of amides is 1. The Balaban J connectivity index is 1.49. The van der Waals surface area contributed by atoms with Crippen molar-refractivity contribution in [1.29, 1.82) is 0 Å². The standard InChI is InChI=1S/C22H24N4O/c1-16(15-26-11-4-5-12-26)24-22(27)18-8-6-7-17(13-18)21-14-23-19-9-2-3-10-20(19)25-21/h2-3,6-10,13-14,16H,4-5,11-12,15H2,1H3,(H,24,27). The predicted octanol–water partition coefficient (Wildman–Crippen LogP) is 3.51. The molecule has 0 radical (unpaired) electrons. The van der Waals surface area contributed by atoms with Gasteiger partial charge in [0.15, 0.2) is 0 Å². The van der Waals surface area contributed by atoms with E-state index in [4.69, 9.17) is 0 Å². The molecule has 1 aromatic heterocycles. The van der Waals surface area contributed by atoms with Crippen LogP contribution in [0.5, 0.6) is 0 Å². The molecule has 0 bridgehead atoms. The van der Waals surface area contributed by atoms with Crippen LogP contribution >= 0.6 is 0 Å². The molecule has 1 fully saturated rings. The Labute approximate surface area is 159 Å². The number of aromatic nitrogens is 2. The van der Waals surface area contributed by atoms with Crippen LogP contribution in [-0.2, 0) is 0 Å². The second-order valence-electron chi connectivity index (χ2n) is 7.21. The van der Waals surface area contributed by atoms with Crippen LogP contribution in [0.4, 0.5) is 0 Å². The van der Waals surface area contributed by atoms with Crippen molar-refractivity contribution in [2.24, 2.45) is 0 Å². The molecule has 1 unspecified atom stereocenters. The zero-order valence-corrected chi connectivity index (χ0v) is 15.6. The number of para-hydroxylation sites is 2. The van der Waals surface area contributed by atoms with Crippen LogP contribution in [0.3, 0.4) is 0 Å². The van der Waals surface area contributed by atoms with Crippen LogP contribution in [0, 0.1) is 0 Å². The molecule has 2 heterocycles. The maximum absolute atomic E-state index is 12.7. The van der Waals surface area contributed by atoms with E-state index >= 15 is 0 Å². The number of hydrogen-bond acceptors (Lipinski definition) is 4. The number of nitrogens with zero attached hydrogens (tertiary/aromatic N) is 3. The topological polar surface area (TPSA) is 58.1 Å². The summed E-state index contributed by atoms with van der Waals surface area (Å²) in [6, 6.07) is 15.5. The van der Waals surface area contributed by atoms with E-state index in [1.165, 1.54) is 12.8 Å². The third-order valence-corrected chi connectivity index (χ3v) is 4.98. The van der Waals surface area contributed by atoms with Crippen LogP contribution in [0.25, 0.3) is 22.3 Å². The lowest BCUT2D eigenvalue weighted by Crippen LogP contribution is -2.41. The fourth-order valence-electron chi connectivity index (χ4n) is 3.62. The minimum Gasteiger partial charge on any atom is -0.348 e. The number of carbonyl (C=O) groups excluding carboxylic acids is 1. The summed E-state index contributed by atoms with van der Waals surface area (Å²) in [4.78, 5) is 24.2. The van der Waals surface area contributed by atoms with Gasteiger partial charge in [-0.05, 0) is 57.1 Å². The summed E-state index contributed by atoms with van der Waals surface area (Å²) >= 11 is 0. The van der Waals surface area contributed by atoms with E-state index in [-0.39, 0.29) is 11.9 Å². The molecule has 1 atom stereocenters. The van der Waals surface area contributed by atoms with E-state index in [2.05, 4.69) is 27.1 Å². The number of rotatable bonds is 5. The number of fused-ring (bicyclic) bond motifs is 1. The first kappa shape index (κ1) is 17.6. The Morgan fingerprint density at radius 2 is 1.89 bits per heavy atom. The van der Waals surface area contributed by atoms with Gasteiger partial charge < -0.3 is 10.2 Å². The van der Waals surface area contributed by atoms with Gasteiger partial charge in [0.2, 0.25) is 0 Å². The zero-order chi connectivity index (χ0) is 18.6. The molecule has 138 valence electrons. The first-order valence-corrected chi connectivity index (χ1v) is 9.54. The zero-order valence-electron chi connectivity index (χ0n) is 15.6. The molecule has 0 saturated carbocycles. The molecular weight excluding hydrogens is 336 g/mol. The first-order chi connectivity index (χ1) is 13.2. The highest BCUT2D eigenvalue weighted by molar-refractivity contribution is 5.95. The lowest BCUT2D eigenvalue weighted by molar-refractivity contribution is 0.0932. The van der Waals surface area contributed by atoms with Gasteiger partial charge in [0.1, 0.15) is 0 Å². The fraction of sp³-hybridized carbons (Fsp3) is 0.318. The second kappa shape index (κ2) is 7.84. The molecule has 5 heteroatoms. The van der Waals surface area contributed by atoms with Crippen molar-refractivity contribution in [2.45, 2.75) is 25.8 Å². The number of likely N-dealkylation sites (tertiary alicyclic amines) is 1. The molecule has 1 aliphatic heterocycles. The average Bonchev–Trinajstić information content (AvgIpc) is 3.20. The Morgan fingerprint density at radius 3 is 2.70 bits per heavy atom. The summed E-state index contributed by atoms with van der Waals surface area (Å²) in [5.41, 5.74) is 4.03. The van der Waals surface area contributed by atoms with Crippen molar-refractivity contribution in [3.8, 4) is 11.3 Å². The maximum atomic E-state index is 12.7. The van der Waals surface area contributed by atoms with E-state index in [9.17, 15) is 4.79 Å². The molecule has 3 aromatic rings. The first-order valence-electron chi connectivity index (χ1n) is 9.54. The predicted molar refractivity (Wildman–Crippen MR) is 108 cm³/mol. The fourth-order valence-corrected chi connectivity index (χ4v) is 3.62. The van der Waals surface area contributed by atoms with Gasteiger partial charge >= 0.3 is 0 Å². The van der Waals surface area contributed by atoms with Crippen LogP contribution in [-0.4, -0.2) is 46.5 Å². The Morgan fingerprint density at radius 1 is 1.11 bits per heavy atom. The summed E-state index contributed by atoms with van der Waals surface area (Å²) in [5, 5.41) is 3.11. The van der Waals surface area contributed by atoms with Crippen LogP contribution in [0.1, 0.15) is 30.1 Å². The van der Waals surface area contributed by atoms with Gasteiger partial charge in [-0.1, -0.05) is 24.3 Å². The monoisotopic (exact) mass is 360 g/mol. The quantitative estimate of drug-likeness (QED) is 0.756. The SMILES string of the molecule is CC(CN1CCCC1)NC(=O)c1cccc(-c2cnc3ccccc3n2)c1. The molecule has 1 aliphatic rings. The Bertz CT molecular complexity index is 950. The van der Waals surface area contributed by atoms with Gasteiger partial charge in [-0.25, -0.2) is 4.98 Å². The van der Waals surface area contributed by atoms with Gasteiger partial charge in [-0.3, -0.25) is 9.78 Å². The minimum atomic E-state index is -0.0442. The van der Waals surface area contributed by atoms with E-state index in [0.29, 0.717) is 5.56 Å². The average molecular weight is 360 g/mol. The molecule has 2 aromatic carbocycles. The molecule has 0 spiro atoms. The molecule has 5 nitrogen and oxygen atoms in total. The van der Waals surface area contributed by atoms with E-state index in [1.807, 2.05) is 48.5 Å². The highest BCUT2D eigenvalue weighted by Gasteiger charge is 2.17. The van der Waals surface area contributed by atoms with Crippen LogP contribution < -0.4 is 5.32 Å². The van der Waals surface area contributed by atoms with Gasteiger partial charge in [0, 0.05) is 23.7 Å². The summed E-state index contributed by atoms with van der Waals surface area (Å²) < 4.78 is 0. The molecule has 1 saturated heterocycles. The third kappa shape index (κ3) is 4.14. The van der Waals surface area contributed by atoms with E-state index < -0.39 is 0 Å². The largest absolute Gasteiger partial charge is 0.348 e. The molecule has 0 aliphatic carbocycles. The van der Waals surface area contributed by atoms with Crippen molar-refractivity contribution in [3.05, 3.63) is 60.3 Å². The Kier molecular flexibility index (Phi) is 5.12. The minimum absolute atomic E-state index is 0.0442. The normalized spacial score (nSPS) is 15.7. The summed E-state index contributed by atoms with van der Waals surface area (Å²) in [6.45, 7) is 5.24. The number of carbonyl (C=O) groups is 1. The summed E-state index contributed by atoms with van der Waals surface area (Å²) in [6.07, 6.45) is 4.28. The van der Waals surface area contributed by atoms with Gasteiger partial charge in [-0.2, -0.15) is 0 Å². The van der Waals surface area contributed by atoms with Crippen molar-refractivity contribution < 1.29 is 4.79 Å². The Hall–Kier alpha value is -2.79. The number of nitrogens with one attached hydrogen (secondary N) is 1. The number of benzene rings is 2. The number of hydrogen-bond donors (Lipinski definition) is 1. The van der Waals surface area contributed by atoms with Crippen LogP contribution in [0.15, 0.2) is 54.7 Å². The lowest BCUT2D eigenvalue weighted by atomic mass is 10.1. The smallest absolute Gasteiger partial charge is 0.251 e. The molecular formula is C22H24N4O. The van der Waals surface area contributed by atoms with Crippen LogP contribution in [0.2, 0.25) is 0 Å².